The first-order valence-corrected chi connectivity index (χ1v) is 10.0. The predicted octanol–water partition coefficient (Wildman–Crippen LogP) is 1.13. The summed E-state index contributed by atoms with van der Waals surface area (Å²) in [7, 11) is 1.40. The van der Waals surface area contributed by atoms with Crippen molar-refractivity contribution in [1.82, 2.24) is 25.0 Å². The molecule has 1 amide bonds. The largest absolute Gasteiger partial charge is 0.350 e. The Labute approximate surface area is 176 Å². The number of hydroxylamine groups is 1. The Hall–Kier alpha value is -3.50. The highest BCUT2D eigenvalue weighted by Gasteiger charge is 2.15. The van der Waals surface area contributed by atoms with E-state index in [1.165, 1.54) is 13.1 Å². The van der Waals surface area contributed by atoms with E-state index in [1.807, 2.05) is 24.3 Å². The Balaban J connectivity index is 1.36. The van der Waals surface area contributed by atoms with Gasteiger partial charge in [-0.15, -0.1) is 0 Å². The Kier molecular flexibility index (Phi) is 6.10. The fourth-order valence-electron chi connectivity index (χ4n) is 3.27. The summed E-state index contributed by atoms with van der Waals surface area (Å²) in [5.74, 6) is 0.204. The highest BCUT2D eigenvalue weighted by atomic mass is 16.8. The van der Waals surface area contributed by atoms with Crippen LogP contribution in [-0.2, 0) is 27.8 Å². The smallest absolute Gasteiger partial charge is 0.329 e. The average Bonchev–Trinajstić information content (AvgIpc) is 3.18. The number of ether oxygens (including phenoxy) is 1. The maximum Gasteiger partial charge on any atom is 0.329 e. The SMILES string of the molecule is Cn1c(=O)[nH]c2[nH]c(Cc3ccc(/C=C/C(=O)NOC4CCCCO4)cc3)nc2c1=O. The molecule has 0 saturated carbocycles. The third-order valence-electron chi connectivity index (χ3n) is 5.00. The third-order valence-corrected chi connectivity index (χ3v) is 5.00. The quantitative estimate of drug-likeness (QED) is 0.401. The number of benzene rings is 1. The minimum absolute atomic E-state index is 0.198. The fraction of sp³-hybridized carbons (Fsp3) is 0.333. The molecule has 0 radical (unpaired) electrons. The van der Waals surface area contributed by atoms with Crippen LogP contribution >= 0.6 is 0 Å². The van der Waals surface area contributed by atoms with Crippen LogP contribution in [0.15, 0.2) is 39.9 Å². The predicted molar refractivity (Wildman–Crippen MR) is 113 cm³/mol. The van der Waals surface area contributed by atoms with E-state index in [2.05, 4.69) is 20.4 Å². The topological polar surface area (TPSA) is 131 Å². The molecule has 2 aromatic heterocycles. The van der Waals surface area contributed by atoms with Crippen LogP contribution in [0.4, 0.5) is 0 Å². The summed E-state index contributed by atoms with van der Waals surface area (Å²) in [5.41, 5.74) is 3.75. The summed E-state index contributed by atoms with van der Waals surface area (Å²) < 4.78 is 6.37. The molecule has 162 valence electrons. The molecular formula is C21H23N5O5. The third kappa shape index (κ3) is 4.98. The lowest BCUT2D eigenvalue weighted by Gasteiger charge is -2.21. The molecule has 1 unspecified atom stereocenters. The molecule has 3 aromatic rings. The highest BCUT2D eigenvalue weighted by molar-refractivity contribution is 5.90. The summed E-state index contributed by atoms with van der Waals surface area (Å²) in [4.78, 5) is 50.8. The van der Waals surface area contributed by atoms with Crippen molar-refractivity contribution < 1.29 is 14.4 Å². The Morgan fingerprint density at radius 3 is 2.84 bits per heavy atom. The normalized spacial score (nSPS) is 16.7. The van der Waals surface area contributed by atoms with E-state index in [0.29, 0.717) is 24.5 Å². The van der Waals surface area contributed by atoms with Crippen LogP contribution in [0.3, 0.4) is 0 Å². The number of aromatic amines is 2. The van der Waals surface area contributed by atoms with Gasteiger partial charge in [0, 0.05) is 32.6 Å². The summed E-state index contributed by atoms with van der Waals surface area (Å²) in [5, 5.41) is 0. The van der Waals surface area contributed by atoms with Crippen LogP contribution in [0, 0.1) is 0 Å². The second-order valence-electron chi connectivity index (χ2n) is 7.33. The molecule has 1 saturated heterocycles. The number of hydrogen-bond acceptors (Lipinski definition) is 6. The van der Waals surface area contributed by atoms with E-state index >= 15 is 0 Å². The number of H-pyrrole nitrogens is 2. The van der Waals surface area contributed by atoms with Crippen molar-refractivity contribution in [2.75, 3.05) is 6.61 Å². The van der Waals surface area contributed by atoms with Crippen LogP contribution in [0.25, 0.3) is 17.2 Å². The Morgan fingerprint density at radius 1 is 1.29 bits per heavy atom. The molecule has 1 aromatic carbocycles. The lowest BCUT2D eigenvalue weighted by Crippen LogP contribution is -2.32. The first-order valence-electron chi connectivity index (χ1n) is 10.0. The van der Waals surface area contributed by atoms with Gasteiger partial charge in [0.05, 0.1) is 0 Å². The van der Waals surface area contributed by atoms with Gasteiger partial charge in [-0.3, -0.25) is 19.1 Å². The number of nitrogens with zero attached hydrogens (tertiary/aromatic N) is 2. The van der Waals surface area contributed by atoms with E-state index in [0.717, 1.165) is 35.0 Å². The molecule has 4 rings (SSSR count). The van der Waals surface area contributed by atoms with Gasteiger partial charge in [0.25, 0.3) is 11.5 Å². The Bertz CT molecular complexity index is 1220. The molecule has 0 bridgehead atoms. The molecule has 31 heavy (non-hydrogen) atoms. The number of carbonyl (C=O) groups is 1. The standard InChI is InChI=1S/C21H23N5O5/c1-26-20(28)18-19(24-21(26)29)23-15(22-18)12-14-7-5-13(6-8-14)9-10-16(27)25-31-17-4-2-3-11-30-17/h5-10,17H,2-4,11-12H2,1H3,(H,22,23)(H,24,29)(H,25,27)/b10-9+. The molecule has 1 fully saturated rings. The van der Waals surface area contributed by atoms with Gasteiger partial charge in [-0.25, -0.2) is 20.1 Å². The summed E-state index contributed by atoms with van der Waals surface area (Å²) in [6.07, 6.45) is 5.94. The first kappa shape index (κ1) is 20.8. The maximum atomic E-state index is 12.1. The minimum atomic E-state index is -0.496. The zero-order chi connectivity index (χ0) is 21.8. The number of imidazole rings is 1. The molecule has 3 N–H and O–H groups in total. The zero-order valence-corrected chi connectivity index (χ0v) is 17.0. The van der Waals surface area contributed by atoms with Crippen LogP contribution in [-0.4, -0.2) is 38.3 Å². The molecule has 10 heteroatoms. The summed E-state index contributed by atoms with van der Waals surface area (Å²) in [6, 6.07) is 7.54. The minimum Gasteiger partial charge on any atom is -0.350 e. The van der Waals surface area contributed by atoms with Crippen LogP contribution < -0.4 is 16.7 Å². The summed E-state index contributed by atoms with van der Waals surface area (Å²) >= 11 is 0. The fourth-order valence-corrected chi connectivity index (χ4v) is 3.27. The molecule has 0 spiro atoms. The van der Waals surface area contributed by atoms with E-state index in [9.17, 15) is 14.4 Å². The van der Waals surface area contributed by atoms with E-state index in [1.54, 1.807) is 6.08 Å². The second-order valence-corrected chi connectivity index (χ2v) is 7.33. The van der Waals surface area contributed by atoms with Crippen molar-refractivity contribution in [3.63, 3.8) is 0 Å². The van der Waals surface area contributed by atoms with E-state index in [-0.39, 0.29) is 17.7 Å². The zero-order valence-electron chi connectivity index (χ0n) is 17.0. The molecular weight excluding hydrogens is 402 g/mol. The molecule has 1 atom stereocenters. The van der Waals surface area contributed by atoms with Gasteiger partial charge in [0.1, 0.15) is 11.5 Å². The van der Waals surface area contributed by atoms with Crippen molar-refractivity contribution >= 4 is 23.1 Å². The lowest BCUT2D eigenvalue weighted by molar-refractivity contribution is -0.198. The van der Waals surface area contributed by atoms with Crippen molar-refractivity contribution in [2.45, 2.75) is 32.0 Å². The Morgan fingerprint density at radius 2 is 2.10 bits per heavy atom. The first-order chi connectivity index (χ1) is 15.0. The van der Waals surface area contributed by atoms with Gasteiger partial charge < -0.3 is 9.72 Å². The average molecular weight is 425 g/mol. The number of amides is 1. The number of carbonyl (C=O) groups excluding carboxylic acids is 1. The number of rotatable bonds is 6. The summed E-state index contributed by atoms with van der Waals surface area (Å²) in [6.45, 7) is 0.644. The van der Waals surface area contributed by atoms with Crippen molar-refractivity contribution in [3.8, 4) is 0 Å². The van der Waals surface area contributed by atoms with Gasteiger partial charge in [-0.2, -0.15) is 0 Å². The molecule has 3 heterocycles. The van der Waals surface area contributed by atoms with Crippen LogP contribution in [0.1, 0.15) is 36.2 Å². The van der Waals surface area contributed by atoms with E-state index < -0.39 is 11.2 Å². The van der Waals surface area contributed by atoms with Gasteiger partial charge in [0.15, 0.2) is 11.8 Å². The number of fused-ring (bicyclic) bond motifs is 1. The van der Waals surface area contributed by atoms with Gasteiger partial charge in [-0.05, 0) is 30.0 Å². The maximum absolute atomic E-state index is 12.1. The number of aromatic nitrogens is 4. The number of nitrogens with one attached hydrogen (secondary N) is 3. The van der Waals surface area contributed by atoms with Crippen molar-refractivity contribution in [3.05, 3.63) is 68.1 Å². The van der Waals surface area contributed by atoms with Gasteiger partial charge in [-0.1, -0.05) is 24.3 Å². The van der Waals surface area contributed by atoms with Crippen LogP contribution in [0.2, 0.25) is 0 Å². The lowest BCUT2D eigenvalue weighted by atomic mass is 10.1. The molecule has 1 aliphatic heterocycles. The number of hydrogen-bond donors (Lipinski definition) is 3. The molecule has 1 aliphatic rings. The van der Waals surface area contributed by atoms with Crippen molar-refractivity contribution in [1.29, 1.82) is 0 Å². The molecule has 10 nitrogen and oxygen atoms in total. The van der Waals surface area contributed by atoms with E-state index in [4.69, 9.17) is 9.57 Å². The van der Waals surface area contributed by atoms with Crippen molar-refractivity contribution in [2.24, 2.45) is 7.05 Å². The monoisotopic (exact) mass is 425 g/mol. The molecule has 0 aliphatic carbocycles. The van der Waals surface area contributed by atoms with Gasteiger partial charge >= 0.3 is 5.69 Å². The van der Waals surface area contributed by atoms with Crippen LogP contribution in [0.5, 0.6) is 0 Å². The highest BCUT2D eigenvalue weighted by Crippen LogP contribution is 2.13. The second kappa shape index (κ2) is 9.11. The van der Waals surface area contributed by atoms with Gasteiger partial charge in [0.2, 0.25) is 0 Å².